The Morgan fingerprint density at radius 1 is 1.14 bits per heavy atom. The fourth-order valence-electron chi connectivity index (χ4n) is 1.58. The van der Waals surface area contributed by atoms with Gasteiger partial charge in [0.05, 0.1) is 13.7 Å². The average molecular weight is 337 g/mol. The van der Waals surface area contributed by atoms with Gasteiger partial charge in [-0.2, -0.15) is 4.72 Å². The van der Waals surface area contributed by atoms with Gasteiger partial charge in [0.2, 0.25) is 0 Å². The lowest BCUT2D eigenvalue weighted by Gasteiger charge is -2.07. The van der Waals surface area contributed by atoms with Crippen LogP contribution >= 0.6 is 11.3 Å². The van der Waals surface area contributed by atoms with Crippen LogP contribution in [0.5, 0.6) is 11.5 Å². The SMILES string of the molecule is COc1ccccc1OCC#CCNS(=O)(=O)c1cccs1. The van der Waals surface area contributed by atoms with E-state index in [1.54, 1.807) is 36.8 Å². The lowest BCUT2D eigenvalue weighted by molar-refractivity contribution is 0.331. The van der Waals surface area contributed by atoms with Crippen molar-refractivity contribution in [2.75, 3.05) is 20.3 Å². The van der Waals surface area contributed by atoms with Crippen LogP contribution in [0.15, 0.2) is 46.0 Å². The van der Waals surface area contributed by atoms with Crippen molar-refractivity contribution in [1.82, 2.24) is 4.72 Å². The molecular formula is C15H15NO4S2. The molecule has 116 valence electrons. The highest BCUT2D eigenvalue weighted by Crippen LogP contribution is 2.25. The van der Waals surface area contributed by atoms with Crippen molar-refractivity contribution in [3.05, 3.63) is 41.8 Å². The first-order valence-electron chi connectivity index (χ1n) is 6.38. The van der Waals surface area contributed by atoms with Crippen molar-refractivity contribution in [2.45, 2.75) is 4.21 Å². The smallest absolute Gasteiger partial charge is 0.250 e. The molecule has 1 aromatic carbocycles. The van der Waals surface area contributed by atoms with Crippen LogP contribution in [0.2, 0.25) is 0 Å². The molecule has 0 spiro atoms. The van der Waals surface area contributed by atoms with Gasteiger partial charge in [-0.1, -0.05) is 30.0 Å². The molecule has 7 heteroatoms. The molecule has 1 aromatic heterocycles. The van der Waals surface area contributed by atoms with Gasteiger partial charge in [0.25, 0.3) is 10.0 Å². The highest BCUT2D eigenvalue weighted by atomic mass is 32.2. The molecule has 0 bridgehead atoms. The molecule has 0 aliphatic carbocycles. The van der Waals surface area contributed by atoms with E-state index >= 15 is 0 Å². The van der Waals surface area contributed by atoms with Gasteiger partial charge in [-0.25, -0.2) is 8.42 Å². The van der Waals surface area contributed by atoms with E-state index in [0.717, 1.165) is 11.3 Å². The fourth-order valence-corrected chi connectivity index (χ4v) is 3.54. The number of hydrogen-bond acceptors (Lipinski definition) is 5. The van der Waals surface area contributed by atoms with Crippen LogP contribution in [0, 0.1) is 11.8 Å². The van der Waals surface area contributed by atoms with Crippen molar-refractivity contribution in [3.63, 3.8) is 0 Å². The Kier molecular flexibility index (Phi) is 5.83. The number of ether oxygens (including phenoxy) is 2. The summed E-state index contributed by atoms with van der Waals surface area (Å²) in [6, 6.07) is 10.5. The summed E-state index contributed by atoms with van der Waals surface area (Å²) in [5, 5.41) is 1.71. The summed E-state index contributed by atoms with van der Waals surface area (Å²) in [4.78, 5) is 0. The van der Waals surface area contributed by atoms with Gasteiger partial charge in [0, 0.05) is 0 Å². The number of thiophene rings is 1. The van der Waals surface area contributed by atoms with Crippen molar-refractivity contribution >= 4 is 21.4 Å². The van der Waals surface area contributed by atoms with Gasteiger partial charge in [-0.3, -0.25) is 0 Å². The molecule has 5 nitrogen and oxygen atoms in total. The summed E-state index contributed by atoms with van der Waals surface area (Å²) in [5.41, 5.74) is 0. The van der Waals surface area contributed by atoms with Crippen LogP contribution in [0.1, 0.15) is 0 Å². The minimum absolute atomic E-state index is 0.0372. The van der Waals surface area contributed by atoms with Crippen molar-refractivity contribution in [2.24, 2.45) is 0 Å². The first-order valence-corrected chi connectivity index (χ1v) is 8.74. The number of nitrogens with one attached hydrogen (secondary N) is 1. The Morgan fingerprint density at radius 2 is 1.91 bits per heavy atom. The first-order chi connectivity index (χ1) is 10.6. The monoisotopic (exact) mass is 337 g/mol. The van der Waals surface area contributed by atoms with E-state index in [9.17, 15) is 8.42 Å². The molecule has 2 rings (SSSR count). The molecule has 0 saturated heterocycles. The minimum atomic E-state index is -3.46. The standard InChI is InChI=1S/C15H15NO4S2/c1-19-13-7-2-3-8-14(13)20-11-5-4-10-16-22(17,18)15-9-6-12-21-15/h2-3,6-9,12,16H,10-11H2,1H3. The van der Waals surface area contributed by atoms with Crippen LogP contribution < -0.4 is 14.2 Å². The maximum absolute atomic E-state index is 11.8. The topological polar surface area (TPSA) is 64.6 Å². The third-order valence-electron chi connectivity index (χ3n) is 2.60. The Balaban J connectivity index is 1.81. The molecular weight excluding hydrogens is 322 g/mol. The Morgan fingerprint density at radius 3 is 2.59 bits per heavy atom. The molecule has 0 amide bonds. The molecule has 0 unspecified atom stereocenters. The van der Waals surface area contributed by atoms with Gasteiger partial charge < -0.3 is 9.47 Å². The molecule has 0 atom stereocenters. The highest BCUT2D eigenvalue weighted by molar-refractivity contribution is 7.91. The zero-order valence-corrected chi connectivity index (χ0v) is 13.5. The normalized spacial score (nSPS) is 10.6. The van der Waals surface area contributed by atoms with E-state index in [-0.39, 0.29) is 17.4 Å². The minimum Gasteiger partial charge on any atom is -0.493 e. The summed E-state index contributed by atoms with van der Waals surface area (Å²) < 4.78 is 36.9. The van der Waals surface area contributed by atoms with Gasteiger partial charge in [0.1, 0.15) is 10.8 Å². The van der Waals surface area contributed by atoms with Crippen molar-refractivity contribution in [3.8, 4) is 23.3 Å². The number of hydrogen-bond donors (Lipinski definition) is 1. The first kappa shape index (κ1) is 16.4. The average Bonchev–Trinajstić information content (AvgIpc) is 3.06. The van der Waals surface area contributed by atoms with E-state index in [1.165, 1.54) is 0 Å². The third-order valence-corrected chi connectivity index (χ3v) is 5.40. The number of para-hydroxylation sites is 2. The second-order valence-electron chi connectivity index (χ2n) is 4.05. The van der Waals surface area contributed by atoms with E-state index in [0.29, 0.717) is 11.5 Å². The van der Waals surface area contributed by atoms with Crippen LogP contribution in [-0.4, -0.2) is 28.7 Å². The number of rotatable bonds is 6. The Hall–Kier alpha value is -2.01. The Bertz CT molecular complexity index is 758. The van der Waals surface area contributed by atoms with E-state index in [2.05, 4.69) is 16.6 Å². The van der Waals surface area contributed by atoms with E-state index in [4.69, 9.17) is 9.47 Å². The van der Waals surface area contributed by atoms with Gasteiger partial charge >= 0.3 is 0 Å². The lowest BCUT2D eigenvalue weighted by Crippen LogP contribution is -2.23. The maximum atomic E-state index is 11.8. The lowest BCUT2D eigenvalue weighted by atomic mass is 10.3. The van der Waals surface area contributed by atoms with Crippen LogP contribution in [0.25, 0.3) is 0 Å². The molecule has 1 N–H and O–H groups in total. The summed E-state index contributed by atoms with van der Waals surface area (Å²) in [6.45, 7) is 0.191. The maximum Gasteiger partial charge on any atom is 0.250 e. The summed E-state index contributed by atoms with van der Waals surface area (Å²) in [7, 11) is -1.90. The second kappa shape index (κ2) is 7.84. The van der Waals surface area contributed by atoms with Gasteiger partial charge in [-0.15, -0.1) is 11.3 Å². The predicted octanol–water partition coefficient (Wildman–Crippen LogP) is 2.12. The highest BCUT2D eigenvalue weighted by Gasteiger charge is 2.12. The molecule has 0 saturated carbocycles. The third kappa shape index (κ3) is 4.49. The summed E-state index contributed by atoms with van der Waals surface area (Å²) in [6.07, 6.45) is 0. The summed E-state index contributed by atoms with van der Waals surface area (Å²) in [5.74, 6) is 6.68. The quantitative estimate of drug-likeness (QED) is 0.820. The fraction of sp³-hybridized carbons (Fsp3) is 0.200. The van der Waals surface area contributed by atoms with Crippen LogP contribution in [0.3, 0.4) is 0 Å². The van der Waals surface area contributed by atoms with Gasteiger partial charge in [-0.05, 0) is 23.6 Å². The van der Waals surface area contributed by atoms with Crippen LogP contribution in [-0.2, 0) is 10.0 Å². The molecule has 2 aromatic rings. The molecule has 22 heavy (non-hydrogen) atoms. The second-order valence-corrected chi connectivity index (χ2v) is 6.99. The number of benzene rings is 1. The Labute approximate surface area is 133 Å². The zero-order chi connectivity index (χ0) is 15.8. The molecule has 0 radical (unpaired) electrons. The molecule has 1 heterocycles. The largest absolute Gasteiger partial charge is 0.493 e. The molecule has 0 aliphatic rings. The molecule has 0 aliphatic heterocycles. The molecule has 0 fully saturated rings. The predicted molar refractivity (Wildman–Crippen MR) is 85.8 cm³/mol. The van der Waals surface area contributed by atoms with Gasteiger partial charge in [0.15, 0.2) is 11.5 Å². The number of methoxy groups -OCH3 is 1. The number of sulfonamides is 1. The summed E-state index contributed by atoms with van der Waals surface area (Å²) >= 11 is 1.16. The van der Waals surface area contributed by atoms with Crippen molar-refractivity contribution < 1.29 is 17.9 Å². The van der Waals surface area contributed by atoms with Crippen molar-refractivity contribution in [1.29, 1.82) is 0 Å². The van der Waals surface area contributed by atoms with E-state index in [1.807, 2.05) is 12.1 Å². The van der Waals surface area contributed by atoms with E-state index < -0.39 is 10.0 Å². The zero-order valence-electron chi connectivity index (χ0n) is 11.9. The van der Waals surface area contributed by atoms with Crippen LogP contribution in [0.4, 0.5) is 0 Å².